The highest BCUT2D eigenvalue weighted by Gasteiger charge is 2.03. The van der Waals surface area contributed by atoms with Gasteiger partial charge in [-0.1, -0.05) is 11.8 Å². The van der Waals surface area contributed by atoms with Gasteiger partial charge in [-0.15, -0.1) is 0 Å². The van der Waals surface area contributed by atoms with E-state index in [1.165, 1.54) is 11.9 Å². The zero-order valence-electron chi connectivity index (χ0n) is 3.76. The van der Waals surface area contributed by atoms with Crippen LogP contribution in [0.5, 0.6) is 0 Å². The first kappa shape index (κ1) is 5.47. The van der Waals surface area contributed by atoms with Crippen LogP contribution in [-0.4, -0.2) is 16.7 Å². The zero-order chi connectivity index (χ0) is 5.11. The van der Waals surface area contributed by atoms with E-state index in [1.807, 2.05) is 0 Å². The second kappa shape index (κ2) is 2.59. The van der Waals surface area contributed by atoms with Crippen LogP contribution in [0.2, 0.25) is 0 Å². The molecule has 0 bridgehead atoms. The van der Waals surface area contributed by atoms with Crippen LogP contribution in [0.15, 0.2) is 4.99 Å². The van der Waals surface area contributed by atoms with Crippen molar-refractivity contribution in [2.24, 2.45) is 10.1 Å². The van der Waals surface area contributed by atoms with Gasteiger partial charge in [0.15, 0.2) is 0 Å². The number of nitrogens with two attached hydrogens (primary N) is 1. The van der Waals surface area contributed by atoms with E-state index in [-0.39, 0.29) is 0 Å². The summed E-state index contributed by atoms with van der Waals surface area (Å²) < 4.78 is 1.03. The first-order valence-corrected chi connectivity index (χ1v) is 3.84. The third kappa shape index (κ3) is 1.36. The Labute approximate surface area is 51.1 Å². The summed E-state index contributed by atoms with van der Waals surface area (Å²) in [4.78, 5) is 4.07. The van der Waals surface area contributed by atoms with Crippen LogP contribution in [0.3, 0.4) is 0 Å². The van der Waals surface area contributed by atoms with Crippen molar-refractivity contribution in [3.05, 3.63) is 0 Å². The summed E-state index contributed by atoms with van der Waals surface area (Å²) in [6, 6.07) is 0. The molecule has 1 aliphatic heterocycles. The van der Waals surface area contributed by atoms with Crippen molar-refractivity contribution in [3.63, 3.8) is 0 Å². The molecule has 2 N–H and O–H groups in total. The molecule has 0 aromatic rings. The molecule has 0 unspecified atom stereocenters. The number of rotatable bonds is 0. The maximum atomic E-state index is 5.20. The molecule has 0 saturated heterocycles. The summed E-state index contributed by atoms with van der Waals surface area (Å²) >= 11 is 2.98. The third-order valence-corrected chi connectivity index (χ3v) is 2.39. The Morgan fingerprint density at radius 3 is 3.00 bits per heavy atom. The van der Waals surface area contributed by atoms with E-state index in [9.17, 15) is 0 Å². The van der Waals surface area contributed by atoms with Crippen LogP contribution in [0.1, 0.15) is 0 Å². The summed E-state index contributed by atoms with van der Waals surface area (Å²) in [6.07, 6.45) is 0. The Balaban J connectivity index is 2.36. The van der Waals surface area contributed by atoms with E-state index in [0.717, 1.165) is 16.7 Å². The molecule has 0 aromatic carbocycles. The molecular formula is C3H6N2S2. The molecule has 0 aliphatic carbocycles. The van der Waals surface area contributed by atoms with Gasteiger partial charge in [-0.25, -0.2) is 0 Å². The van der Waals surface area contributed by atoms with Gasteiger partial charge in [0.05, 0.1) is 6.54 Å². The molecule has 7 heavy (non-hydrogen) atoms. The van der Waals surface area contributed by atoms with Crippen LogP contribution in [0, 0.1) is 0 Å². The van der Waals surface area contributed by atoms with Crippen molar-refractivity contribution in [1.29, 1.82) is 0 Å². The van der Waals surface area contributed by atoms with Crippen LogP contribution >= 0.6 is 23.7 Å². The molecule has 0 aromatic heterocycles. The van der Waals surface area contributed by atoms with Gasteiger partial charge in [-0.05, 0) is 11.9 Å². The van der Waals surface area contributed by atoms with E-state index in [2.05, 4.69) is 4.99 Å². The van der Waals surface area contributed by atoms with E-state index < -0.39 is 0 Å². The molecule has 0 radical (unpaired) electrons. The number of hydrogen-bond donors (Lipinski definition) is 1. The molecule has 0 saturated carbocycles. The lowest BCUT2D eigenvalue weighted by Crippen LogP contribution is -1.84. The lowest BCUT2D eigenvalue weighted by Gasteiger charge is -1.84. The lowest BCUT2D eigenvalue weighted by atomic mass is 10.8. The number of aliphatic imine (C=N–C) groups is 1. The molecule has 1 rings (SSSR count). The predicted octanol–water partition coefficient (Wildman–Crippen LogP) is 0.696. The second-order valence-corrected chi connectivity index (χ2v) is 3.08. The van der Waals surface area contributed by atoms with Crippen molar-refractivity contribution in [2.75, 3.05) is 12.3 Å². The van der Waals surface area contributed by atoms with E-state index in [4.69, 9.17) is 5.14 Å². The average Bonchev–Trinajstić information content (AvgIpc) is 2.14. The molecule has 2 nitrogen and oxygen atoms in total. The number of thioether (sulfide) groups is 1. The Bertz CT molecular complexity index is 90.9. The van der Waals surface area contributed by atoms with Gasteiger partial charge >= 0.3 is 0 Å². The van der Waals surface area contributed by atoms with Gasteiger partial charge in [-0.2, -0.15) is 0 Å². The fraction of sp³-hybridized carbons (Fsp3) is 0.667. The molecule has 40 valence electrons. The fourth-order valence-electron chi connectivity index (χ4n) is 0.387. The number of hydrogen-bond acceptors (Lipinski definition) is 4. The van der Waals surface area contributed by atoms with Crippen LogP contribution in [0.25, 0.3) is 0 Å². The normalized spacial score (nSPS) is 19.9. The highest BCUT2D eigenvalue weighted by Crippen LogP contribution is 2.16. The summed E-state index contributed by atoms with van der Waals surface area (Å²) in [5.74, 6) is 1.11. The smallest absolute Gasteiger partial charge is 0.139 e. The Hall–Kier alpha value is 0.330. The van der Waals surface area contributed by atoms with Crippen molar-refractivity contribution >= 4 is 28.1 Å². The molecule has 0 atom stereocenters. The second-order valence-electron chi connectivity index (χ2n) is 1.11. The van der Waals surface area contributed by atoms with Crippen molar-refractivity contribution in [3.8, 4) is 0 Å². The van der Waals surface area contributed by atoms with Gasteiger partial charge in [0.25, 0.3) is 0 Å². The molecule has 4 heteroatoms. The minimum absolute atomic E-state index is 0.949. The first-order chi connectivity index (χ1) is 3.43. The Kier molecular flexibility index (Phi) is 2.02. The largest absolute Gasteiger partial charge is 0.272 e. The average molecular weight is 134 g/mol. The van der Waals surface area contributed by atoms with E-state index >= 15 is 0 Å². The number of nitrogens with zero attached hydrogens (tertiary/aromatic N) is 1. The van der Waals surface area contributed by atoms with E-state index in [0.29, 0.717) is 0 Å². The van der Waals surface area contributed by atoms with Gasteiger partial charge in [0.1, 0.15) is 4.38 Å². The monoisotopic (exact) mass is 134 g/mol. The molecule has 0 spiro atoms. The fourth-order valence-corrected chi connectivity index (χ4v) is 1.61. The Morgan fingerprint density at radius 2 is 2.71 bits per heavy atom. The third-order valence-electron chi connectivity index (χ3n) is 0.659. The molecule has 1 heterocycles. The molecule has 0 amide bonds. The van der Waals surface area contributed by atoms with Crippen molar-refractivity contribution in [2.45, 2.75) is 0 Å². The summed E-state index contributed by atoms with van der Waals surface area (Å²) in [5.41, 5.74) is 0. The summed E-state index contributed by atoms with van der Waals surface area (Å²) in [6.45, 7) is 0.949. The zero-order valence-corrected chi connectivity index (χ0v) is 5.39. The first-order valence-electron chi connectivity index (χ1n) is 1.97. The quantitative estimate of drug-likeness (QED) is 0.495. The van der Waals surface area contributed by atoms with Crippen molar-refractivity contribution in [1.82, 2.24) is 0 Å². The van der Waals surface area contributed by atoms with Gasteiger partial charge in [0, 0.05) is 5.75 Å². The predicted molar refractivity (Wildman–Crippen MR) is 36.5 cm³/mol. The summed E-state index contributed by atoms with van der Waals surface area (Å²) in [5, 5.41) is 5.20. The highest BCUT2D eigenvalue weighted by atomic mass is 32.2. The van der Waals surface area contributed by atoms with E-state index in [1.54, 1.807) is 11.8 Å². The van der Waals surface area contributed by atoms with Crippen LogP contribution in [-0.2, 0) is 0 Å². The van der Waals surface area contributed by atoms with Crippen molar-refractivity contribution < 1.29 is 0 Å². The Morgan fingerprint density at radius 1 is 1.86 bits per heavy atom. The van der Waals surface area contributed by atoms with Gasteiger partial charge in [0.2, 0.25) is 0 Å². The minimum atomic E-state index is 0.949. The molecule has 1 aliphatic rings. The lowest BCUT2D eigenvalue weighted by molar-refractivity contribution is 1.18. The van der Waals surface area contributed by atoms with Gasteiger partial charge < -0.3 is 0 Å². The highest BCUT2D eigenvalue weighted by molar-refractivity contribution is 8.38. The maximum absolute atomic E-state index is 5.20. The van der Waals surface area contributed by atoms with Crippen LogP contribution < -0.4 is 5.14 Å². The minimum Gasteiger partial charge on any atom is -0.272 e. The van der Waals surface area contributed by atoms with Gasteiger partial charge in [-0.3, -0.25) is 10.1 Å². The summed E-state index contributed by atoms with van der Waals surface area (Å²) in [7, 11) is 0. The SMILES string of the molecule is NSC1=NCCS1. The topological polar surface area (TPSA) is 38.4 Å². The van der Waals surface area contributed by atoms with Crippen LogP contribution in [0.4, 0.5) is 0 Å². The molecular weight excluding hydrogens is 128 g/mol. The maximum Gasteiger partial charge on any atom is 0.139 e. The standard InChI is InChI=1S/C3H6N2S2/c4-7-3-5-1-2-6-3/h1-2,4H2. The molecule has 0 fully saturated rings.